The van der Waals surface area contributed by atoms with Crippen LogP contribution in [0.3, 0.4) is 0 Å². The summed E-state index contributed by atoms with van der Waals surface area (Å²) in [6.45, 7) is 3.41. The minimum Gasteiger partial charge on any atom is -0.353 e. The van der Waals surface area contributed by atoms with Gasteiger partial charge in [-0.1, -0.05) is 23.2 Å². The van der Waals surface area contributed by atoms with Crippen LogP contribution in [0.2, 0.25) is 10.0 Å². The van der Waals surface area contributed by atoms with E-state index >= 15 is 0 Å². The van der Waals surface area contributed by atoms with E-state index in [2.05, 4.69) is 15.0 Å². The molecule has 0 saturated heterocycles. The molecule has 0 aromatic heterocycles. The molecule has 1 heterocycles. The van der Waals surface area contributed by atoms with Crippen molar-refractivity contribution in [3.63, 3.8) is 0 Å². The molecule has 1 aromatic rings. The normalized spacial score (nSPS) is 16.8. The minimum absolute atomic E-state index is 0.198. The van der Waals surface area contributed by atoms with Crippen molar-refractivity contribution in [2.24, 2.45) is 4.40 Å². The van der Waals surface area contributed by atoms with Crippen LogP contribution in [0.5, 0.6) is 0 Å². The predicted octanol–water partition coefficient (Wildman–Crippen LogP) is 3.48. The van der Waals surface area contributed by atoms with Gasteiger partial charge in [-0.25, -0.2) is 0 Å². The third-order valence-corrected chi connectivity index (χ3v) is 4.60. The van der Waals surface area contributed by atoms with E-state index in [1.807, 2.05) is 0 Å². The summed E-state index contributed by atoms with van der Waals surface area (Å²) in [5.74, 6) is -0.208. The van der Waals surface area contributed by atoms with E-state index in [0.717, 1.165) is 0 Å². The van der Waals surface area contributed by atoms with Crippen molar-refractivity contribution >= 4 is 44.9 Å². The van der Waals surface area contributed by atoms with Crippen molar-refractivity contribution < 1.29 is 21.6 Å². The Morgan fingerprint density at radius 3 is 2.41 bits per heavy atom. The summed E-state index contributed by atoms with van der Waals surface area (Å²) in [6, 6.07) is 0.486. The Balaban J connectivity index is 2.69. The second kappa shape index (κ2) is 5.47. The molecule has 0 fully saturated rings. The van der Waals surface area contributed by atoms with Crippen LogP contribution in [0.4, 0.5) is 18.9 Å². The molecule has 5 nitrogen and oxygen atoms in total. The van der Waals surface area contributed by atoms with Crippen molar-refractivity contribution in [2.45, 2.75) is 31.0 Å². The average molecular weight is 376 g/mol. The van der Waals surface area contributed by atoms with Gasteiger partial charge in [-0.2, -0.15) is 21.6 Å². The maximum atomic E-state index is 13.0. The van der Waals surface area contributed by atoms with Crippen LogP contribution in [0.15, 0.2) is 15.4 Å². The molecule has 1 aliphatic heterocycles. The number of alkyl halides is 3. The number of anilines is 1. The summed E-state index contributed by atoms with van der Waals surface area (Å²) in [4.78, 5) is -0.509. The van der Waals surface area contributed by atoms with Gasteiger partial charge in [0.2, 0.25) is 5.96 Å². The van der Waals surface area contributed by atoms with Crippen molar-refractivity contribution in [2.75, 3.05) is 5.32 Å². The molecule has 0 aliphatic carbocycles. The molecule has 11 heteroatoms. The van der Waals surface area contributed by atoms with Crippen LogP contribution >= 0.6 is 23.2 Å². The molecule has 1 aromatic carbocycles. The number of hydrogen-bond acceptors (Lipinski definition) is 4. The third kappa shape index (κ3) is 3.11. The zero-order valence-corrected chi connectivity index (χ0v) is 13.5. The molecule has 0 bridgehead atoms. The Labute approximate surface area is 134 Å². The van der Waals surface area contributed by atoms with Crippen molar-refractivity contribution in [3.05, 3.63) is 21.7 Å². The van der Waals surface area contributed by atoms with E-state index in [-0.39, 0.29) is 12.0 Å². The van der Waals surface area contributed by atoms with Gasteiger partial charge in [-0.3, -0.25) is 0 Å². The fourth-order valence-corrected chi connectivity index (χ4v) is 3.78. The van der Waals surface area contributed by atoms with E-state index in [0.29, 0.717) is 6.07 Å². The summed E-state index contributed by atoms with van der Waals surface area (Å²) >= 11 is 11.3. The van der Waals surface area contributed by atoms with Gasteiger partial charge in [0, 0.05) is 6.04 Å². The van der Waals surface area contributed by atoms with Crippen LogP contribution < -0.4 is 10.6 Å². The fraction of sp³-hybridized carbons (Fsp3) is 0.364. The smallest absolute Gasteiger partial charge is 0.353 e. The molecule has 2 rings (SSSR count). The van der Waals surface area contributed by atoms with Crippen LogP contribution in [0.1, 0.15) is 19.4 Å². The molecule has 0 amide bonds. The third-order valence-electron chi connectivity index (χ3n) is 2.62. The number of sulfonamides is 1. The molecule has 0 atom stereocenters. The molecule has 22 heavy (non-hydrogen) atoms. The summed E-state index contributed by atoms with van der Waals surface area (Å²) in [6.07, 6.45) is -4.82. The van der Waals surface area contributed by atoms with Gasteiger partial charge in [-0.05, 0) is 19.9 Å². The summed E-state index contributed by atoms with van der Waals surface area (Å²) < 4.78 is 66.5. The molecule has 122 valence electrons. The first-order valence-corrected chi connectivity index (χ1v) is 8.11. The summed E-state index contributed by atoms with van der Waals surface area (Å²) in [5.41, 5.74) is -1.71. The first-order chi connectivity index (χ1) is 9.93. The Hall–Kier alpha value is -1.19. The SMILES string of the molecule is CC(C)NC1=NS(=O)(=O)c2cc(Cl)c(C(F)(F)F)c(Cl)c2N1. The molecular weight excluding hydrogens is 366 g/mol. The molecule has 0 radical (unpaired) electrons. The highest BCUT2D eigenvalue weighted by Gasteiger charge is 2.40. The largest absolute Gasteiger partial charge is 0.419 e. The summed E-state index contributed by atoms with van der Waals surface area (Å²) in [5, 5.41) is 3.50. The highest BCUT2D eigenvalue weighted by molar-refractivity contribution is 7.90. The molecule has 0 unspecified atom stereocenters. The zero-order chi connectivity index (χ0) is 16.9. The minimum atomic E-state index is -4.82. The zero-order valence-electron chi connectivity index (χ0n) is 11.2. The number of hydrogen-bond donors (Lipinski definition) is 2. The lowest BCUT2D eigenvalue weighted by Gasteiger charge is -2.23. The molecule has 0 saturated carbocycles. The Bertz CT molecular complexity index is 761. The average Bonchev–Trinajstić information content (AvgIpc) is 2.27. The maximum absolute atomic E-state index is 13.0. The lowest BCUT2D eigenvalue weighted by Crippen LogP contribution is -2.39. The predicted molar refractivity (Wildman–Crippen MR) is 78.0 cm³/mol. The molecular formula is C11H10Cl2F3N3O2S. The van der Waals surface area contributed by atoms with Gasteiger partial charge in [0.15, 0.2) is 0 Å². The number of halogens is 5. The number of benzene rings is 1. The first kappa shape index (κ1) is 17.2. The highest BCUT2D eigenvalue weighted by atomic mass is 35.5. The number of nitrogens with zero attached hydrogens (tertiary/aromatic N) is 1. The van der Waals surface area contributed by atoms with E-state index in [1.54, 1.807) is 13.8 Å². The topological polar surface area (TPSA) is 70.6 Å². The van der Waals surface area contributed by atoms with Gasteiger partial charge in [0.25, 0.3) is 10.0 Å². The Morgan fingerprint density at radius 1 is 1.32 bits per heavy atom. The van der Waals surface area contributed by atoms with Crippen molar-refractivity contribution in [1.82, 2.24) is 5.32 Å². The van der Waals surface area contributed by atoms with Gasteiger partial charge in [0.1, 0.15) is 4.90 Å². The van der Waals surface area contributed by atoms with E-state index < -0.39 is 42.4 Å². The highest BCUT2D eigenvalue weighted by Crippen LogP contribution is 2.46. The monoisotopic (exact) mass is 375 g/mol. The van der Waals surface area contributed by atoms with E-state index in [1.165, 1.54) is 0 Å². The Kier molecular flexibility index (Phi) is 4.27. The quantitative estimate of drug-likeness (QED) is 0.788. The van der Waals surface area contributed by atoms with Crippen LogP contribution in [-0.4, -0.2) is 20.4 Å². The second-order valence-corrected chi connectivity index (χ2v) is 7.11. The molecule has 2 N–H and O–H groups in total. The lowest BCUT2D eigenvalue weighted by atomic mass is 10.2. The van der Waals surface area contributed by atoms with E-state index in [9.17, 15) is 21.6 Å². The fourth-order valence-electron chi connectivity index (χ4n) is 1.82. The lowest BCUT2D eigenvalue weighted by molar-refractivity contribution is -0.137. The number of rotatable bonds is 1. The molecule has 1 aliphatic rings. The maximum Gasteiger partial charge on any atom is 0.419 e. The second-order valence-electron chi connectivity index (χ2n) is 4.76. The van der Waals surface area contributed by atoms with E-state index in [4.69, 9.17) is 23.2 Å². The van der Waals surface area contributed by atoms with Crippen LogP contribution in [-0.2, 0) is 16.2 Å². The summed E-state index contributed by atoms with van der Waals surface area (Å²) in [7, 11) is -4.22. The van der Waals surface area contributed by atoms with Gasteiger partial charge in [-0.15, -0.1) is 4.40 Å². The number of guanidine groups is 1. The number of nitrogens with one attached hydrogen (secondary N) is 2. The van der Waals surface area contributed by atoms with Crippen LogP contribution in [0.25, 0.3) is 0 Å². The van der Waals surface area contributed by atoms with Crippen LogP contribution in [0, 0.1) is 0 Å². The van der Waals surface area contributed by atoms with Crippen molar-refractivity contribution in [1.29, 1.82) is 0 Å². The molecule has 0 spiro atoms. The first-order valence-electron chi connectivity index (χ1n) is 5.91. The number of fused-ring (bicyclic) bond motifs is 1. The Morgan fingerprint density at radius 2 is 1.91 bits per heavy atom. The van der Waals surface area contributed by atoms with Gasteiger partial charge >= 0.3 is 6.18 Å². The standard InChI is InChI=1S/C11H10Cl2F3N3O2S/c1-4(2)17-10-18-9-6(22(20,21)19-10)3-5(12)7(8(9)13)11(14,15)16/h3-4H,1-2H3,(H2,17,18,19). The van der Waals surface area contributed by atoms with Gasteiger partial charge in [0.05, 0.1) is 21.3 Å². The van der Waals surface area contributed by atoms with Gasteiger partial charge < -0.3 is 10.6 Å². The van der Waals surface area contributed by atoms with Crippen molar-refractivity contribution in [3.8, 4) is 0 Å².